The van der Waals surface area contributed by atoms with Crippen molar-refractivity contribution in [1.29, 1.82) is 0 Å². The van der Waals surface area contributed by atoms with Crippen LogP contribution in [-0.2, 0) is 18.3 Å². The van der Waals surface area contributed by atoms with Crippen LogP contribution in [0.15, 0.2) is 11.6 Å². The van der Waals surface area contributed by atoms with Crippen LogP contribution in [0.25, 0.3) is 0 Å². The molecule has 0 N–H and O–H groups in total. The van der Waals surface area contributed by atoms with Gasteiger partial charge in [-0.15, -0.1) is 0 Å². The van der Waals surface area contributed by atoms with Gasteiger partial charge in [0.05, 0.1) is 25.5 Å². The van der Waals surface area contributed by atoms with Crippen molar-refractivity contribution in [1.82, 2.24) is 0 Å². The summed E-state index contributed by atoms with van der Waals surface area (Å²) in [7, 11) is -1.25. The van der Waals surface area contributed by atoms with Crippen LogP contribution in [0.3, 0.4) is 0 Å². The number of methoxy groups -OCH3 is 1. The Morgan fingerprint density at radius 1 is 1.35 bits per heavy atom. The maximum absolute atomic E-state index is 12.4. The third-order valence-corrected chi connectivity index (χ3v) is 4.86. The lowest BCUT2D eigenvalue weighted by Gasteiger charge is -2.23. The monoisotopic (exact) mass is 262 g/mol. The van der Waals surface area contributed by atoms with Crippen molar-refractivity contribution in [3.63, 3.8) is 0 Å². The zero-order valence-electron chi connectivity index (χ0n) is 11.0. The van der Waals surface area contributed by atoms with E-state index in [0.717, 1.165) is 24.8 Å². The minimum absolute atomic E-state index is 0.149. The molecule has 1 atom stereocenters. The van der Waals surface area contributed by atoms with E-state index in [1.165, 1.54) is 0 Å². The summed E-state index contributed by atoms with van der Waals surface area (Å²) in [5.41, 5.74) is 1.13. The normalized spacial score (nSPS) is 21.4. The molecular formula is C12H23O4P. The molecule has 1 aliphatic carbocycles. The average Bonchev–Trinajstić information content (AvgIpc) is 2.29. The Balaban J connectivity index is 2.66. The van der Waals surface area contributed by atoms with Crippen LogP contribution in [0.2, 0.25) is 0 Å². The Kier molecular flexibility index (Phi) is 6.42. The quantitative estimate of drug-likeness (QED) is 0.521. The standard InChI is InChI=1S/C12H23O4P/c1-4-15-17(13,16-5-2)10-11-7-6-8-12(9-11)14-3/h9,12H,4-8,10H2,1-3H3. The highest BCUT2D eigenvalue weighted by Gasteiger charge is 2.26. The highest BCUT2D eigenvalue weighted by atomic mass is 31.2. The van der Waals surface area contributed by atoms with Crippen LogP contribution < -0.4 is 0 Å². The van der Waals surface area contributed by atoms with Gasteiger partial charge in [0.2, 0.25) is 0 Å². The molecule has 0 aliphatic heterocycles. The van der Waals surface area contributed by atoms with E-state index < -0.39 is 7.60 Å². The molecule has 0 radical (unpaired) electrons. The first-order valence-corrected chi connectivity index (χ1v) is 7.96. The molecule has 0 aromatic carbocycles. The summed E-state index contributed by atoms with van der Waals surface area (Å²) < 4.78 is 28.2. The van der Waals surface area contributed by atoms with Gasteiger partial charge in [0.1, 0.15) is 0 Å². The first-order chi connectivity index (χ1) is 8.13. The third kappa shape index (κ3) is 4.92. The van der Waals surface area contributed by atoms with Crippen molar-refractivity contribution < 1.29 is 18.3 Å². The third-order valence-electron chi connectivity index (χ3n) is 2.76. The molecule has 0 fully saturated rings. The molecule has 0 aromatic heterocycles. The minimum Gasteiger partial charge on any atom is -0.377 e. The molecule has 4 nitrogen and oxygen atoms in total. The SMILES string of the molecule is CCOP(=O)(CC1=CC(OC)CCC1)OCC. The van der Waals surface area contributed by atoms with Crippen LogP contribution in [0.4, 0.5) is 0 Å². The van der Waals surface area contributed by atoms with Gasteiger partial charge >= 0.3 is 7.60 Å². The summed E-state index contributed by atoms with van der Waals surface area (Å²) in [5, 5.41) is 0. The van der Waals surface area contributed by atoms with Gasteiger partial charge in [-0.3, -0.25) is 4.57 Å². The molecule has 0 saturated carbocycles. The lowest BCUT2D eigenvalue weighted by molar-refractivity contribution is 0.126. The second-order valence-electron chi connectivity index (χ2n) is 4.10. The smallest absolute Gasteiger partial charge is 0.334 e. The first kappa shape index (κ1) is 14.9. The van der Waals surface area contributed by atoms with E-state index in [-0.39, 0.29) is 6.10 Å². The molecule has 17 heavy (non-hydrogen) atoms. The number of ether oxygens (including phenoxy) is 1. The van der Waals surface area contributed by atoms with E-state index in [1.54, 1.807) is 7.11 Å². The topological polar surface area (TPSA) is 44.8 Å². The fourth-order valence-electron chi connectivity index (χ4n) is 2.05. The molecule has 1 unspecified atom stereocenters. The van der Waals surface area contributed by atoms with Crippen LogP contribution in [0.1, 0.15) is 33.1 Å². The van der Waals surface area contributed by atoms with E-state index >= 15 is 0 Å². The summed E-state index contributed by atoms with van der Waals surface area (Å²) >= 11 is 0. The van der Waals surface area contributed by atoms with E-state index in [9.17, 15) is 4.57 Å². The van der Waals surface area contributed by atoms with E-state index in [1.807, 2.05) is 13.8 Å². The molecule has 1 aliphatic rings. The molecule has 0 amide bonds. The van der Waals surface area contributed by atoms with E-state index in [2.05, 4.69) is 6.08 Å². The summed E-state index contributed by atoms with van der Waals surface area (Å²) in [5.74, 6) is 0. The van der Waals surface area contributed by atoms with Crippen molar-refractivity contribution in [3.05, 3.63) is 11.6 Å². The second-order valence-corrected chi connectivity index (χ2v) is 6.15. The number of hydrogen-bond acceptors (Lipinski definition) is 4. The highest BCUT2D eigenvalue weighted by molar-refractivity contribution is 7.54. The predicted molar refractivity (Wildman–Crippen MR) is 68.5 cm³/mol. The maximum atomic E-state index is 12.4. The van der Waals surface area contributed by atoms with Gasteiger partial charge in [0.15, 0.2) is 0 Å². The van der Waals surface area contributed by atoms with Crippen molar-refractivity contribution in [2.24, 2.45) is 0 Å². The van der Waals surface area contributed by atoms with Gasteiger partial charge in [-0.25, -0.2) is 0 Å². The lowest BCUT2D eigenvalue weighted by Crippen LogP contribution is -2.14. The van der Waals surface area contributed by atoms with Gasteiger partial charge in [-0.05, 0) is 33.1 Å². The largest absolute Gasteiger partial charge is 0.377 e. The fourth-order valence-corrected chi connectivity index (χ4v) is 3.85. The fraction of sp³-hybridized carbons (Fsp3) is 0.833. The molecule has 1 rings (SSSR count). The second kappa shape index (κ2) is 7.32. The summed E-state index contributed by atoms with van der Waals surface area (Å²) in [6, 6.07) is 0. The van der Waals surface area contributed by atoms with Crippen LogP contribution >= 0.6 is 7.60 Å². The Labute approximate surface area is 104 Å². The van der Waals surface area contributed by atoms with Crippen molar-refractivity contribution in [3.8, 4) is 0 Å². The molecule has 0 bridgehead atoms. The summed E-state index contributed by atoms with van der Waals surface area (Å²) in [6.45, 7) is 4.49. The molecular weight excluding hydrogens is 239 g/mol. The molecule has 5 heteroatoms. The van der Waals surface area contributed by atoms with Gasteiger partial charge in [-0.2, -0.15) is 0 Å². The number of rotatable bonds is 7. The molecule has 0 saturated heterocycles. The number of hydrogen-bond donors (Lipinski definition) is 0. The van der Waals surface area contributed by atoms with E-state index in [4.69, 9.17) is 13.8 Å². The van der Waals surface area contributed by atoms with Crippen LogP contribution in [0.5, 0.6) is 0 Å². The van der Waals surface area contributed by atoms with Crippen molar-refractivity contribution in [2.45, 2.75) is 39.2 Å². The zero-order valence-corrected chi connectivity index (χ0v) is 11.9. The van der Waals surface area contributed by atoms with Crippen molar-refractivity contribution >= 4 is 7.60 Å². The van der Waals surface area contributed by atoms with Crippen LogP contribution in [-0.4, -0.2) is 32.6 Å². The summed E-state index contributed by atoms with van der Waals surface area (Å²) in [4.78, 5) is 0. The van der Waals surface area contributed by atoms with Gasteiger partial charge in [-0.1, -0.05) is 11.6 Å². The predicted octanol–water partition coefficient (Wildman–Crippen LogP) is 3.38. The molecule has 0 spiro atoms. The maximum Gasteiger partial charge on any atom is 0.334 e. The minimum atomic E-state index is -2.95. The van der Waals surface area contributed by atoms with Gasteiger partial charge in [0.25, 0.3) is 0 Å². The Bertz CT molecular complexity index is 291. The summed E-state index contributed by atoms with van der Waals surface area (Å²) in [6.07, 6.45) is 5.68. The number of allylic oxidation sites excluding steroid dienone is 1. The zero-order chi connectivity index (χ0) is 12.7. The Morgan fingerprint density at radius 3 is 2.53 bits per heavy atom. The molecule has 0 heterocycles. The Morgan fingerprint density at radius 2 is 2.00 bits per heavy atom. The lowest BCUT2D eigenvalue weighted by atomic mass is 9.99. The van der Waals surface area contributed by atoms with E-state index in [0.29, 0.717) is 19.4 Å². The van der Waals surface area contributed by atoms with Gasteiger partial charge in [0, 0.05) is 7.11 Å². The average molecular weight is 262 g/mol. The Hall–Kier alpha value is -0.150. The van der Waals surface area contributed by atoms with Crippen LogP contribution in [0, 0.1) is 0 Å². The van der Waals surface area contributed by atoms with Crippen molar-refractivity contribution in [2.75, 3.05) is 26.5 Å². The molecule has 100 valence electrons. The molecule has 0 aromatic rings. The highest BCUT2D eigenvalue weighted by Crippen LogP contribution is 2.50. The van der Waals surface area contributed by atoms with Gasteiger partial charge < -0.3 is 13.8 Å². The first-order valence-electron chi connectivity index (χ1n) is 6.24.